The Labute approximate surface area is 233 Å². The van der Waals surface area contributed by atoms with Gasteiger partial charge in [0.25, 0.3) is 5.91 Å². The quantitative estimate of drug-likeness (QED) is 0.165. The molecule has 14 heteroatoms. The summed E-state index contributed by atoms with van der Waals surface area (Å²) in [5.74, 6) is -5.28. The Bertz CT molecular complexity index is 1350. The van der Waals surface area contributed by atoms with Crippen LogP contribution in [0.25, 0.3) is 0 Å². The third-order valence-corrected chi connectivity index (χ3v) is 5.24. The number of hydrogen-bond donors (Lipinski definition) is 7. The second-order valence-corrected chi connectivity index (χ2v) is 8.51. The third kappa shape index (κ3) is 11.0. The highest BCUT2D eigenvalue weighted by atomic mass is 16.5. The average molecular weight is 569 g/mol. The number of nitrogen functional groups attached to an aromatic ring is 1. The first-order valence-electron chi connectivity index (χ1n) is 11.8. The number of nitrogens with two attached hydrogens (primary N) is 1. The number of nitrogens with zero attached hydrogens (tertiary/aromatic N) is 1. The lowest BCUT2D eigenvalue weighted by molar-refractivity contribution is -0.170. The molecule has 2 aromatic carbocycles. The minimum atomic E-state index is -2.74. The number of aromatic nitrogens is 1. The Hall–Kier alpha value is -5.50. The highest BCUT2D eigenvalue weighted by Gasteiger charge is 2.40. The number of carbonyl (C=O) groups excluding carboxylic acids is 2. The molecule has 14 nitrogen and oxygen atoms in total. The zero-order chi connectivity index (χ0) is 30.4. The molecule has 0 saturated carbocycles. The van der Waals surface area contributed by atoms with Crippen LogP contribution in [-0.4, -0.2) is 60.9 Å². The van der Waals surface area contributed by atoms with Gasteiger partial charge in [-0.2, -0.15) is 0 Å². The number of rotatable bonds is 11. The molecule has 0 saturated heterocycles. The van der Waals surface area contributed by atoms with Gasteiger partial charge in [0.2, 0.25) is 0 Å². The van der Waals surface area contributed by atoms with E-state index < -0.39 is 42.4 Å². The molecule has 0 fully saturated rings. The smallest absolute Gasteiger partial charge is 0.407 e. The predicted molar refractivity (Wildman–Crippen MR) is 144 cm³/mol. The number of ether oxygens (including phenoxy) is 1. The average Bonchev–Trinajstić information content (AvgIpc) is 2.92. The molecular formula is C27H28N4O10. The van der Waals surface area contributed by atoms with Gasteiger partial charge in [0, 0.05) is 30.1 Å². The van der Waals surface area contributed by atoms with Crippen molar-refractivity contribution < 1.29 is 49.1 Å². The summed E-state index contributed by atoms with van der Waals surface area (Å²) in [6.07, 6.45) is 0.483. The zero-order valence-corrected chi connectivity index (χ0v) is 21.5. The lowest BCUT2D eigenvalue weighted by atomic mass is 9.96. The third-order valence-electron chi connectivity index (χ3n) is 5.24. The van der Waals surface area contributed by atoms with E-state index in [2.05, 4.69) is 15.6 Å². The summed E-state index contributed by atoms with van der Waals surface area (Å²) in [4.78, 5) is 58.5. The van der Waals surface area contributed by atoms with E-state index in [0.29, 0.717) is 23.5 Å². The molecular weight excluding hydrogens is 540 g/mol. The Kier molecular flexibility index (Phi) is 11.7. The zero-order valence-electron chi connectivity index (χ0n) is 21.5. The maximum Gasteiger partial charge on any atom is 0.407 e. The van der Waals surface area contributed by atoms with E-state index in [-0.39, 0.29) is 12.5 Å². The van der Waals surface area contributed by atoms with E-state index in [9.17, 15) is 24.0 Å². The van der Waals surface area contributed by atoms with E-state index in [4.69, 9.17) is 30.9 Å². The van der Waals surface area contributed by atoms with Gasteiger partial charge in [0.05, 0.1) is 24.2 Å². The van der Waals surface area contributed by atoms with Crippen molar-refractivity contribution in [3.8, 4) is 0 Å². The molecule has 1 aromatic heterocycles. The summed E-state index contributed by atoms with van der Waals surface area (Å²) in [5, 5.41) is 39.2. The maximum atomic E-state index is 12.3. The number of amides is 2. The lowest BCUT2D eigenvalue weighted by Gasteiger charge is -2.18. The molecule has 0 bridgehead atoms. The number of anilines is 2. The van der Waals surface area contributed by atoms with E-state index in [1.165, 1.54) is 0 Å². The van der Waals surface area contributed by atoms with Gasteiger partial charge >= 0.3 is 24.0 Å². The van der Waals surface area contributed by atoms with E-state index in [1.807, 2.05) is 6.07 Å². The summed E-state index contributed by atoms with van der Waals surface area (Å²) in [7, 11) is 0. The van der Waals surface area contributed by atoms with Gasteiger partial charge in [-0.25, -0.2) is 9.59 Å². The van der Waals surface area contributed by atoms with Gasteiger partial charge in [0.1, 0.15) is 6.61 Å². The number of benzene rings is 2. The van der Waals surface area contributed by atoms with Crippen LogP contribution in [0, 0.1) is 0 Å². The van der Waals surface area contributed by atoms with Crippen LogP contribution >= 0.6 is 0 Å². The molecule has 41 heavy (non-hydrogen) atoms. The SMILES string of the molecule is Nc1ccccc1NC(=O)c1ccc(CNC(=O)OCc2cccnc2)cc1.O=C(O)CC(O)(CC(=O)O)C(=O)O. The Balaban J connectivity index is 0.000000383. The minimum Gasteiger partial charge on any atom is -0.481 e. The van der Waals surface area contributed by atoms with Crippen molar-refractivity contribution in [3.05, 3.63) is 89.7 Å². The first-order valence-corrected chi connectivity index (χ1v) is 11.8. The van der Waals surface area contributed by atoms with Crippen LogP contribution in [0.1, 0.15) is 34.3 Å². The molecule has 0 aliphatic rings. The fourth-order valence-electron chi connectivity index (χ4n) is 3.15. The molecule has 0 radical (unpaired) electrons. The number of pyridine rings is 1. The molecule has 0 aliphatic heterocycles. The summed E-state index contributed by atoms with van der Waals surface area (Å²) >= 11 is 0. The van der Waals surface area contributed by atoms with Gasteiger partial charge in [-0.3, -0.25) is 19.4 Å². The van der Waals surface area contributed by atoms with Crippen LogP contribution in [0.2, 0.25) is 0 Å². The van der Waals surface area contributed by atoms with Crippen molar-refractivity contribution in [3.63, 3.8) is 0 Å². The molecule has 0 atom stereocenters. The maximum absolute atomic E-state index is 12.3. The van der Waals surface area contributed by atoms with Gasteiger partial charge < -0.3 is 41.5 Å². The molecule has 2 amide bonds. The fraction of sp³-hybridized carbons (Fsp3) is 0.185. The normalized spacial score (nSPS) is 10.4. The minimum absolute atomic E-state index is 0.154. The standard InChI is InChI=1S/C21H20N4O3.C6H8O7/c22-18-5-1-2-6-19(18)25-20(26)17-9-7-15(8-10-17)13-24-21(27)28-14-16-4-3-11-23-12-16;7-3(8)1-6(13,5(11)12)2-4(9)10/h1-12H,13-14,22H2,(H,24,27)(H,25,26);13H,1-2H2,(H,7,8)(H,9,10)(H,11,12). The van der Waals surface area contributed by atoms with Gasteiger partial charge in [-0.05, 0) is 35.9 Å². The number of carboxylic acid groups (broad SMARTS) is 3. The van der Waals surface area contributed by atoms with Crippen LogP contribution in [0.3, 0.4) is 0 Å². The second kappa shape index (κ2) is 15.2. The number of nitrogens with one attached hydrogen (secondary N) is 2. The molecule has 0 aliphatic carbocycles. The van der Waals surface area contributed by atoms with Crippen LogP contribution in [0.4, 0.5) is 16.2 Å². The Morgan fingerprint density at radius 3 is 2.02 bits per heavy atom. The van der Waals surface area contributed by atoms with Crippen molar-refractivity contribution in [1.82, 2.24) is 10.3 Å². The van der Waals surface area contributed by atoms with Crippen LogP contribution < -0.4 is 16.4 Å². The summed E-state index contributed by atoms with van der Waals surface area (Å²) in [5.41, 5.74) is 6.30. The number of aliphatic carboxylic acids is 3. The highest BCUT2D eigenvalue weighted by molar-refractivity contribution is 6.05. The van der Waals surface area contributed by atoms with Crippen LogP contribution in [0.5, 0.6) is 0 Å². The summed E-state index contributed by atoms with van der Waals surface area (Å²) in [6.45, 7) is 0.445. The predicted octanol–water partition coefficient (Wildman–Crippen LogP) is 2.09. The lowest BCUT2D eigenvalue weighted by Crippen LogP contribution is -2.42. The number of para-hydroxylation sites is 2. The van der Waals surface area contributed by atoms with E-state index in [0.717, 1.165) is 11.1 Å². The Morgan fingerprint density at radius 2 is 1.49 bits per heavy atom. The van der Waals surface area contributed by atoms with Crippen LogP contribution in [-0.2, 0) is 32.3 Å². The molecule has 0 unspecified atom stereocenters. The second-order valence-electron chi connectivity index (χ2n) is 8.51. The molecule has 0 spiro atoms. The summed E-state index contributed by atoms with van der Waals surface area (Å²) in [6, 6.07) is 17.6. The number of carboxylic acids is 3. The van der Waals surface area contributed by atoms with E-state index >= 15 is 0 Å². The first-order chi connectivity index (χ1) is 19.4. The first kappa shape index (κ1) is 31.7. The van der Waals surface area contributed by atoms with E-state index in [1.54, 1.807) is 67.0 Å². The van der Waals surface area contributed by atoms with Gasteiger partial charge in [-0.1, -0.05) is 30.3 Å². The van der Waals surface area contributed by atoms with Gasteiger partial charge in [-0.15, -0.1) is 0 Å². The monoisotopic (exact) mass is 568 g/mol. The van der Waals surface area contributed by atoms with Crippen molar-refractivity contribution >= 4 is 41.3 Å². The number of carbonyl (C=O) groups is 5. The molecule has 216 valence electrons. The molecule has 8 N–H and O–H groups in total. The summed E-state index contributed by atoms with van der Waals surface area (Å²) < 4.78 is 5.12. The molecule has 3 rings (SSSR count). The van der Waals surface area contributed by atoms with Crippen molar-refractivity contribution in [2.45, 2.75) is 31.6 Å². The topological polar surface area (TPSA) is 238 Å². The Morgan fingerprint density at radius 1 is 0.854 bits per heavy atom. The van der Waals surface area contributed by atoms with Crippen molar-refractivity contribution in [2.75, 3.05) is 11.1 Å². The largest absolute Gasteiger partial charge is 0.481 e. The highest BCUT2D eigenvalue weighted by Crippen LogP contribution is 2.18. The number of alkyl carbamates (subject to hydrolysis) is 1. The van der Waals surface area contributed by atoms with Crippen molar-refractivity contribution in [1.29, 1.82) is 0 Å². The van der Waals surface area contributed by atoms with Gasteiger partial charge in [0.15, 0.2) is 5.60 Å². The fourth-order valence-corrected chi connectivity index (χ4v) is 3.15. The van der Waals surface area contributed by atoms with Crippen molar-refractivity contribution in [2.24, 2.45) is 0 Å². The number of aliphatic hydroxyl groups is 1. The molecule has 3 aromatic rings. The number of hydrogen-bond acceptors (Lipinski definition) is 9. The van der Waals surface area contributed by atoms with Crippen LogP contribution in [0.15, 0.2) is 73.1 Å². The molecule has 1 heterocycles.